The van der Waals surface area contributed by atoms with Crippen LogP contribution in [-0.2, 0) is 16.1 Å². The van der Waals surface area contributed by atoms with Crippen LogP contribution in [0, 0.1) is 0 Å². The lowest BCUT2D eigenvalue weighted by molar-refractivity contribution is -0.136. The number of ether oxygens (including phenoxy) is 1. The third kappa shape index (κ3) is 5.70. The number of benzene rings is 2. The van der Waals surface area contributed by atoms with E-state index >= 15 is 0 Å². The highest BCUT2D eigenvalue weighted by molar-refractivity contribution is 6.39. The van der Waals surface area contributed by atoms with Crippen molar-refractivity contribution in [3.8, 4) is 5.75 Å². The lowest BCUT2D eigenvalue weighted by atomic mass is 10.3. The molecular weight excluding hydrogens is 394 g/mol. The van der Waals surface area contributed by atoms with E-state index in [1.807, 2.05) is 24.3 Å². The summed E-state index contributed by atoms with van der Waals surface area (Å²) in [6.45, 7) is 0.0598. The summed E-state index contributed by atoms with van der Waals surface area (Å²) in [5.74, 6) is 0.0508. The Hall–Kier alpha value is -3.58. The third-order valence-corrected chi connectivity index (χ3v) is 4.05. The van der Waals surface area contributed by atoms with Crippen molar-refractivity contribution in [2.45, 2.75) is 6.54 Å². The standard InChI is InChI=1S/C21H18ClN3O4/c1-28-19-8-3-2-7-18(19)23-12-16-9-10-17(29-16)13-24-20(26)21(27)25-15-6-4-5-14(22)11-15/h2-12H,13H2,1H3,(H,24,26)(H,25,27). The smallest absolute Gasteiger partial charge is 0.313 e. The zero-order valence-corrected chi connectivity index (χ0v) is 16.3. The van der Waals surface area contributed by atoms with E-state index in [2.05, 4.69) is 15.6 Å². The molecule has 3 aromatic rings. The van der Waals surface area contributed by atoms with Gasteiger partial charge in [0.25, 0.3) is 0 Å². The summed E-state index contributed by atoms with van der Waals surface area (Å²) < 4.78 is 10.8. The molecule has 0 fully saturated rings. The quantitative estimate of drug-likeness (QED) is 0.474. The molecule has 148 valence electrons. The van der Waals surface area contributed by atoms with E-state index in [0.717, 1.165) is 0 Å². The minimum absolute atomic E-state index is 0.0598. The molecule has 0 unspecified atom stereocenters. The second-order valence-corrected chi connectivity index (χ2v) is 6.32. The van der Waals surface area contributed by atoms with Crippen LogP contribution in [0.4, 0.5) is 11.4 Å². The van der Waals surface area contributed by atoms with Crippen LogP contribution in [-0.4, -0.2) is 25.1 Å². The number of hydrogen-bond acceptors (Lipinski definition) is 5. The number of halogens is 1. The number of furan rings is 1. The Morgan fingerprint density at radius 2 is 1.93 bits per heavy atom. The fraction of sp³-hybridized carbons (Fsp3) is 0.0952. The number of carbonyl (C=O) groups excluding carboxylic acids is 2. The lowest BCUT2D eigenvalue weighted by Crippen LogP contribution is -2.34. The van der Waals surface area contributed by atoms with Crippen molar-refractivity contribution in [1.29, 1.82) is 0 Å². The third-order valence-electron chi connectivity index (χ3n) is 3.81. The zero-order chi connectivity index (χ0) is 20.6. The van der Waals surface area contributed by atoms with Crippen LogP contribution in [0.2, 0.25) is 5.02 Å². The lowest BCUT2D eigenvalue weighted by Gasteiger charge is -2.05. The van der Waals surface area contributed by atoms with Gasteiger partial charge in [-0.3, -0.25) is 9.59 Å². The topological polar surface area (TPSA) is 92.9 Å². The van der Waals surface area contributed by atoms with Crippen LogP contribution in [0.3, 0.4) is 0 Å². The summed E-state index contributed by atoms with van der Waals surface area (Å²) in [6.07, 6.45) is 1.55. The molecule has 0 aliphatic heterocycles. The van der Waals surface area contributed by atoms with E-state index in [9.17, 15) is 9.59 Å². The van der Waals surface area contributed by atoms with Crippen molar-refractivity contribution in [3.63, 3.8) is 0 Å². The monoisotopic (exact) mass is 411 g/mol. The van der Waals surface area contributed by atoms with Crippen molar-refractivity contribution in [2.75, 3.05) is 12.4 Å². The molecule has 0 radical (unpaired) electrons. The number of nitrogens with zero attached hydrogens (tertiary/aromatic N) is 1. The molecule has 0 aliphatic carbocycles. The van der Waals surface area contributed by atoms with Gasteiger partial charge in [-0.2, -0.15) is 0 Å². The van der Waals surface area contributed by atoms with Gasteiger partial charge < -0.3 is 19.8 Å². The molecule has 0 saturated carbocycles. The Labute approximate surface area is 172 Å². The fourth-order valence-electron chi connectivity index (χ4n) is 2.43. The van der Waals surface area contributed by atoms with Gasteiger partial charge in [-0.05, 0) is 42.5 Å². The molecule has 0 atom stereocenters. The highest BCUT2D eigenvalue weighted by atomic mass is 35.5. The predicted molar refractivity (Wildman–Crippen MR) is 111 cm³/mol. The summed E-state index contributed by atoms with van der Waals surface area (Å²) in [5.41, 5.74) is 1.10. The van der Waals surface area contributed by atoms with Crippen LogP contribution >= 0.6 is 11.6 Å². The SMILES string of the molecule is COc1ccccc1N=Cc1ccc(CNC(=O)C(=O)Nc2cccc(Cl)c2)o1. The summed E-state index contributed by atoms with van der Waals surface area (Å²) in [5, 5.41) is 5.43. The molecule has 2 amide bonds. The molecule has 0 bridgehead atoms. The van der Waals surface area contributed by atoms with Crippen LogP contribution < -0.4 is 15.4 Å². The van der Waals surface area contributed by atoms with Gasteiger partial charge in [-0.1, -0.05) is 29.8 Å². The number of nitrogens with one attached hydrogen (secondary N) is 2. The highest BCUT2D eigenvalue weighted by Crippen LogP contribution is 2.26. The number of hydrogen-bond donors (Lipinski definition) is 2. The van der Waals surface area contributed by atoms with Crippen molar-refractivity contribution >= 4 is 41.0 Å². The van der Waals surface area contributed by atoms with Gasteiger partial charge in [-0.15, -0.1) is 0 Å². The maximum atomic E-state index is 12.0. The molecule has 1 aromatic heterocycles. The number of para-hydroxylation sites is 2. The Morgan fingerprint density at radius 3 is 2.72 bits per heavy atom. The van der Waals surface area contributed by atoms with Gasteiger partial charge in [0, 0.05) is 10.7 Å². The van der Waals surface area contributed by atoms with Crippen LogP contribution in [0.15, 0.2) is 70.1 Å². The number of rotatable bonds is 6. The van der Waals surface area contributed by atoms with Gasteiger partial charge in [0.1, 0.15) is 23.0 Å². The van der Waals surface area contributed by atoms with Gasteiger partial charge >= 0.3 is 11.8 Å². The number of anilines is 1. The number of carbonyl (C=O) groups is 2. The maximum absolute atomic E-state index is 12.0. The predicted octanol–water partition coefficient (Wildman–Crippen LogP) is 3.95. The molecule has 8 heteroatoms. The van der Waals surface area contributed by atoms with E-state index in [4.69, 9.17) is 20.8 Å². The number of methoxy groups -OCH3 is 1. The van der Waals surface area contributed by atoms with Crippen LogP contribution in [0.1, 0.15) is 11.5 Å². The molecule has 0 saturated heterocycles. The Balaban J connectivity index is 1.54. The Bertz CT molecular complexity index is 1050. The first-order chi connectivity index (χ1) is 14.0. The molecular formula is C21H18ClN3O4. The minimum atomic E-state index is -0.795. The van der Waals surface area contributed by atoms with E-state index < -0.39 is 11.8 Å². The van der Waals surface area contributed by atoms with Crippen molar-refractivity contribution in [1.82, 2.24) is 5.32 Å². The largest absolute Gasteiger partial charge is 0.494 e. The van der Waals surface area contributed by atoms with Gasteiger partial charge in [0.05, 0.1) is 19.9 Å². The molecule has 29 heavy (non-hydrogen) atoms. The zero-order valence-electron chi connectivity index (χ0n) is 15.5. The van der Waals surface area contributed by atoms with Gasteiger partial charge in [0.15, 0.2) is 0 Å². The molecule has 1 heterocycles. The van der Waals surface area contributed by atoms with Gasteiger partial charge in [0.2, 0.25) is 0 Å². The normalized spacial score (nSPS) is 10.7. The highest BCUT2D eigenvalue weighted by Gasteiger charge is 2.14. The first-order valence-electron chi connectivity index (χ1n) is 8.65. The summed E-state index contributed by atoms with van der Waals surface area (Å²) in [4.78, 5) is 28.2. The second kappa shape index (κ2) is 9.57. The number of aliphatic imine (C=N–C) groups is 1. The Morgan fingerprint density at radius 1 is 1.10 bits per heavy atom. The van der Waals surface area contributed by atoms with Crippen LogP contribution in [0.25, 0.3) is 0 Å². The summed E-state index contributed by atoms with van der Waals surface area (Å²) in [7, 11) is 1.57. The van der Waals surface area contributed by atoms with Crippen molar-refractivity contribution < 1.29 is 18.7 Å². The van der Waals surface area contributed by atoms with Crippen molar-refractivity contribution in [2.24, 2.45) is 4.99 Å². The average Bonchev–Trinajstić information content (AvgIpc) is 3.18. The second-order valence-electron chi connectivity index (χ2n) is 5.88. The molecule has 0 aliphatic rings. The van der Waals surface area contributed by atoms with E-state index in [1.54, 1.807) is 49.7 Å². The molecule has 2 aromatic carbocycles. The first-order valence-corrected chi connectivity index (χ1v) is 9.03. The van der Waals surface area contributed by atoms with E-state index in [0.29, 0.717) is 33.7 Å². The van der Waals surface area contributed by atoms with Crippen LogP contribution in [0.5, 0.6) is 5.75 Å². The first kappa shape index (κ1) is 20.2. The molecule has 0 spiro atoms. The fourth-order valence-corrected chi connectivity index (χ4v) is 2.62. The Kier molecular flexibility index (Phi) is 6.65. The average molecular weight is 412 g/mol. The molecule has 2 N–H and O–H groups in total. The van der Waals surface area contributed by atoms with E-state index in [-0.39, 0.29) is 6.54 Å². The van der Waals surface area contributed by atoms with Gasteiger partial charge in [-0.25, -0.2) is 4.99 Å². The number of amides is 2. The minimum Gasteiger partial charge on any atom is -0.494 e. The molecule has 3 rings (SSSR count). The molecule has 7 nitrogen and oxygen atoms in total. The summed E-state index contributed by atoms with van der Waals surface area (Å²) in [6, 6.07) is 17.3. The van der Waals surface area contributed by atoms with E-state index in [1.165, 1.54) is 0 Å². The summed E-state index contributed by atoms with van der Waals surface area (Å²) >= 11 is 5.85. The van der Waals surface area contributed by atoms with Crippen molar-refractivity contribution in [3.05, 3.63) is 77.2 Å². The maximum Gasteiger partial charge on any atom is 0.313 e.